The van der Waals surface area contributed by atoms with Crippen molar-refractivity contribution in [1.29, 1.82) is 0 Å². The SMILES string of the molecule is CCCC/C=C/CCCC1N=CCN1C(C)O. The molecule has 1 heterocycles. The molecular weight excluding hydrogens is 212 g/mol. The normalized spacial score (nSPS) is 22.6. The van der Waals surface area contributed by atoms with E-state index in [1.165, 1.54) is 19.3 Å². The lowest BCUT2D eigenvalue weighted by molar-refractivity contribution is 0.00732. The number of aliphatic hydroxyl groups excluding tert-OH is 1. The smallest absolute Gasteiger partial charge is 0.106 e. The molecule has 0 spiro atoms. The van der Waals surface area contributed by atoms with Crippen LogP contribution in [0.1, 0.15) is 52.4 Å². The monoisotopic (exact) mass is 238 g/mol. The van der Waals surface area contributed by atoms with Gasteiger partial charge in [-0.2, -0.15) is 0 Å². The van der Waals surface area contributed by atoms with Crippen LogP contribution in [0, 0.1) is 0 Å². The lowest BCUT2D eigenvalue weighted by Crippen LogP contribution is -2.37. The van der Waals surface area contributed by atoms with Crippen LogP contribution in [0.5, 0.6) is 0 Å². The molecular formula is C14H26N2O. The molecule has 98 valence electrons. The molecule has 2 unspecified atom stereocenters. The van der Waals surface area contributed by atoms with Crippen LogP contribution in [-0.2, 0) is 0 Å². The van der Waals surface area contributed by atoms with E-state index in [9.17, 15) is 5.11 Å². The first kappa shape index (κ1) is 14.4. The molecule has 0 aromatic rings. The van der Waals surface area contributed by atoms with E-state index >= 15 is 0 Å². The molecule has 0 saturated carbocycles. The second kappa shape index (κ2) is 8.43. The molecule has 1 rings (SSSR count). The van der Waals surface area contributed by atoms with E-state index in [1.807, 2.05) is 18.0 Å². The Balaban J connectivity index is 2.10. The summed E-state index contributed by atoms with van der Waals surface area (Å²) in [5.74, 6) is 0. The molecule has 1 aliphatic rings. The number of aliphatic imine (C=N–C) groups is 1. The highest BCUT2D eigenvalue weighted by Gasteiger charge is 2.23. The molecule has 3 nitrogen and oxygen atoms in total. The van der Waals surface area contributed by atoms with Gasteiger partial charge in [-0.15, -0.1) is 0 Å². The average molecular weight is 238 g/mol. The van der Waals surface area contributed by atoms with Crippen LogP contribution in [0.2, 0.25) is 0 Å². The summed E-state index contributed by atoms with van der Waals surface area (Å²) in [4.78, 5) is 6.43. The summed E-state index contributed by atoms with van der Waals surface area (Å²) < 4.78 is 0. The first-order valence-corrected chi connectivity index (χ1v) is 6.86. The fourth-order valence-electron chi connectivity index (χ4n) is 2.09. The lowest BCUT2D eigenvalue weighted by atomic mass is 10.1. The van der Waals surface area contributed by atoms with Gasteiger partial charge in [0, 0.05) is 12.8 Å². The zero-order valence-electron chi connectivity index (χ0n) is 11.2. The molecule has 0 aromatic heterocycles. The van der Waals surface area contributed by atoms with E-state index in [2.05, 4.69) is 24.1 Å². The van der Waals surface area contributed by atoms with Gasteiger partial charge in [-0.3, -0.25) is 9.89 Å². The van der Waals surface area contributed by atoms with Gasteiger partial charge in [0.2, 0.25) is 0 Å². The number of nitrogens with zero attached hydrogens (tertiary/aromatic N) is 2. The molecule has 2 atom stereocenters. The van der Waals surface area contributed by atoms with E-state index in [4.69, 9.17) is 0 Å². The highest BCUT2D eigenvalue weighted by molar-refractivity contribution is 5.62. The molecule has 0 fully saturated rings. The van der Waals surface area contributed by atoms with Crippen LogP contribution in [0.15, 0.2) is 17.1 Å². The Kier molecular flexibility index (Phi) is 7.13. The number of hydrogen-bond donors (Lipinski definition) is 1. The van der Waals surface area contributed by atoms with Gasteiger partial charge in [0.15, 0.2) is 0 Å². The third kappa shape index (κ3) is 5.46. The van der Waals surface area contributed by atoms with Gasteiger partial charge in [0.25, 0.3) is 0 Å². The van der Waals surface area contributed by atoms with Crippen molar-refractivity contribution in [2.75, 3.05) is 6.54 Å². The Morgan fingerprint density at radius 2 is 2.12 bits per heavy atom. The Morgan fingerprint density at radius 1 is 1.41 bits per heavy atom. The summed E-state index contributed by atoms with van der Waals surface area (Å²) in [6.45, 7) is 4.82. The van der Waals surface area contributed by atoms with Crippen molar-refractivity contribution < 1.29 is 5.11 Å². The first-order valence-electron chi connectivity index (χ1n) is 6.86. The Hall–Kier alpha value is -0.670. The van der Waals surface area contributed by atoms with Crippen molar-refractivity contribution in [3.63, 3.8) is 0 Å². The molecule has 0 amide bonds. The molecule has 0 aliphatic carbocycles. The van der Waals surface area contributed by atoms with Gasteiger partial charge in [0.05, 0.1) is 0 Å². The second-order valence-corrected chi connectivity index (χ2v) is 4.69. The van der Waals surface area contributed by atoms with Crippen molar-refractivity contribution in [2.45, 2.75) is 64.8 Å². The Bertz CT molecular complexity index is 249. The predicted molar refractivity (Wildman–Crippen MR) is 73.2 cm³/mol. The van der Waals surface area contributed by atoms with Gasteiger partial charge in [-0.1, -0.05) is 31.9 Å². The third-order valence-electron chi connectivity index (χ3n) is 3.16. The van der Waals surface area contributed by atoms with Crippen molar-refractivity contribution in [1.82, 2.24) is 4.90 Å². The Morgan fingerprint density at radius 3 is 2.76 bits per heavy atom. The maximum absolute atomic E-state index is 9.55. The number of rotatable bonds is 8. The largest absolute Gasteiger partial charge is 0.379 e. The molecule has 0 bridgehead atoms. The highest BCUT2D eigenvalue weighted by atomic mass is 16.3. The maximum atomic E-state index is 9.55. The van der Waals surface area contributed by atoms with Gasteiger partial charge >= 0.3 is 0 Å². The fourth-order valence-corrected chi connectivity index (χ4v) is 2.09. The number of hydrogen-bond acceptors (Lipinski definition) is 3. The van der Waals surface area contributed by atoms with Crippen LogP contribution < -0.4 is 0 Å². The number of unbranched alkanes of at least 4 members (excludes halogenated alkanes) is 3. The summed E-state index contributed by atoms with van der Waals surface area (Å²) in [6, 6.07) is 0. The lowest BCUT2D eigenvalue weighted by Gasteiger charge is -2.25. The fraction of sp³-hybridized carbons (Fsp3) is 0.786. The third-order valence-corrected chi connectivity index (χ3v) is 3.16. The minimum absolute atomic E-state index is 0.194. The molecule has 17 heavy (non-hydrogen) atoms. The summed E-state index contributed by atoms with van der Waals surface area (Å²) in [6.07, 6.45) is 13.4. The number of aliphatic hydroxyl groups is 1. The maximum Gasteiger partial charge on any atom is 0.106 e. The quantitative estimate of drug-likeness (QED) is 0.521. The molecule has 3 heteroatoms. The summed E-state index contributed by atoms with van der Waals surface area (Å²) >= 11 is 0. The molecule has 0 saturated heterocycles. The van der Waals surface area contributed by atoms with Crippen LogP contribution in [0.4, 0.5) is 0 Å². The van der Waals surface area contributed by atoms with Crippen LogP contribution >= 0.6 is 0 Å². The predicted octanol–water partition coefficient (Wildman–Crippen LogP) is 2.95. The number of allylic oxidation sites excluding steroid dienone is 2. The van der Waals surface area contributed by atoms with Gasteiger partial charge in [0.1, 0.15) is 12.4 Å². The van der Waals surface area contributed by atoms with Crippen LogP contribution in [-0.4, -0.2) is 35.2 Å². The Labute approximate surface area is 105 Å². The van der Waals surface area contributed by atoms with E-state index in [0.717, 1.165) is 25.8 Å². The van der Waals surface area contributed by atoms with Gasteiger partial charge < -0.3 is 5.11 Å². The molecule has 0 aromatic carbocycles. The first-order chi connectivity index (χ1) is 8.25. The summed E-state index contributed by atoms with van der Waals surface area (Å²) in [5, 5.41) is 9.55. The zero-order chi connectivity index (χ0) is 12.5. The zero-order valence-corrected chi connectivity index (χ0v) is 11.2. The van der Waals surface area contributed by atoms with Crippen molar-refractivity contribution in [3.05, 3.63) is 12.2 Å². The van der Waals surface area contributed by atoms with E-state index in [1.54, 1.807) is 0 Å². The average Bonchev–Trinajstić information content (AvgIpc) is 2.76. The van der Waals surface area contributed by atoms with Crippen molar-refractivity contribution in [2.24, 2.45) is 4.99 Å². The minimum Gasteiger partial charge on any atom is -0.379 e. The topological polar surface area (TPSA) is 35.8 Å². The van der Waals surface area contributed by atoms with Gasteiger partial charge in [-0.05, 0) is 32.6 Å². The minimum atomic E-state index is -0.386. The van der Waals surface area contributed by atoms with Crippen molar-refractivity contribution >= 4 is 6.21 Å². The second-order valence-electron chi connectivity index (χ2n) is 4.69. The van der Waals surface area contributed by atoms with Crippen LogP contribution in [0.25, 0.3) is 0 Å². The van der Waals surface area contributed by atoms with Crippen LogP contribution in [0.3, 0.4) is 0 Å². The standard InChI is InChI=1S/C14H26N2O/c1-3-4-5-6-7-8-9-10-14-15-11-12-16(14)13(2)17/h6-7,11,13-14,17H,3-5,8-10,12H2,1-2H3/b7-6+. The molecule has 1 aliphatic heterocycles. The summed E-state index contributed by atoms with van der Waals surface area (Å²) in [5.41, 5.74) is 0. The molecule has 1 N–H and O–H groups in total. The summed E-state index contributed by atoms with van der Waals surface area (Å²) in [7, 11) is 0. The molecule has 0 radical (unpaired) electrons. The van der Waals surface area contributed by atoms with Gasteiger partial charge in [-0.25, -0.2) is 0 Å². The van der Waals surface area contributed by atoms with E-state index < -0.39 is 0 Å². The van der Waals surface area contributed by atoms with E-state index in [-0.39, 0.29) is 12.4 Å². The van der Waals surface area contributed by atoms with E-state index in [0.29, 0.717) is 0 Å². The van der Waals surface area contributed by atoms with Crippen molar-refractivity contribution in [3.8, 4) is 0 Å². The highest BCUT2D eigenvalue weighted by Crippen LogP contribution is 2.16.